The highest BCUT2D eigenvalue weighted by molar-refractivity contribution is 8.00. The number of ether oxygens (including phenoxy) is 1. The minimum absolute atomic E-state index is 0.183. The first-order valence-corrected chi connectivity index (χ1v) is 8.97. The number of benzene rings is 1. The van der Waals surface area contributed by atoms with Crippen molar-refractivity contribution in [1.29, 1.82) is 0 Å². The quantitative estimate of drug-likeness (QED) is 0.617. The molecule has 0 aliphatic heterocycles. The fourth-order valence-electron chi connectivity index (χ4n) is 1.73. The Balaban J connectivity index is 1.96. The Bertz CT molecular complexity index is 701. The summed E-state index contributed by atoms with van der Waals surface area (Å²) in [6.07, 6.45) is 0.594. The van der Waals surface area contributed by atoms with Gasteiger partial charge in [-0.3, -0.25) is 4.79 Å². The van der Waals surface area contributed by atoms with Gasteiger partial charge in [-0.25, -0.2) is 9.78 Å². The van der Waals surface area contributed by atoms with Crippen LogP contribution in [0.5, 0.6) is 0 Å². The second-order valence-corrected chi connectivity index (χ2v) is 6.92. The van der Waals surface area contributed by atoms with E-state index in [2.05, 4.69) is 10.3 Å². The van der Waals surface area contributed by atoms with Gasteiger partial charge < -0.3 is 10.1 Å². The molecule has 23 heavy (non-hydrogen) atoms. The molecule has 1 aromatic carbocycles. The number of nitrogens with zero attached hydrogens (tertiary/aromatic N) is 1. The third kappa shape index (κ3) is 4.95. The number of carbonyl (C=O) groups excluding carboxylic acids is 2. The van der Waals surface area contributed by atoms with Crippen LogP contribution in [-0.2, 0) is 16.0 Å². The maximum absolute atomic E-state index is 12.0. The van der Waals surface area contributed by atoms with Gasteiger partial charge in [-0.1, -0.05) is 29.9 Å². The van der Waals surface area contributed by atoms with Crippen LogP contribution in [0.15, 0.2) is 29.2 Å². The fourth-order valence-corrected chi connectivity index (χ4v) is 3.55. The summed E-state index contributed by atoms with van der Waals surface area (Å²) in [6.45, 7) is 1.89. The van der Waals surface area contributed by atoms with Crippen LogP contribution in [-0.4, -0.2) is 29.7 Å². The second kappa shape index (κ2) is 8.33. The number of aryl methyl sites for hydroxylation is 1. The van der Waals surface area contributed by atoms with E-state index in [0.29, 0.717) is 27.1 Å². The predicted octanol–water partition coefficient (Wildman–Crippen LogP) is 3.88. The number of aromatic nitrogens is 1. The molecule has 2 aromatic rings. The summed E-state index contributed by atoms with van der Waals surface area (Å²) in [5.41, 5.74) is 0.627. The van der Waals surface area contributed by atoms with Crippen molar-refractivity contribution in [3.8, 4) is 0 Å². The van der Waals surface area contributed by atoms with Gasteiger partial charge in [-0.05, 0) is 30.7 Å². The van der Waals surface area contributed by atoms with Crippen molar-refractivity contribution in [3.05, 3.63) is 39.9 Å². The second-order valence-electron chi connectivity index (χ2n) is 4.43. The van der Waals surface area contributed by atoms with E-state index in [1.54, 1.807) is 12.1 Å². The van der Waals surface area contributed by atoms with E-state index < -0.39 is 5.97 Å². The van der Waals surface area contributed by atoms with Crippen molar-refractivity contribution in [2.24, 2.45) is 0 Å². The Hall–Kier alpha value is -1.57. The first kappa shape index (κ1) is 17.8. The van der Waals surface area contributed by atoms with E-state index in [0.717, 1.165) is 16.2 Å². The lowest BCUT2D eigenvalue weighted by molar-refractivity contribution is -0.113. The number of anilines is 1. The molecule has 122 valence electrons. The molecular weight excluding hydrogens is 356 g/mol. The van der Waals surface area contributed by atoms with Crippen LogP contribution in [0.2, 0.25) is 5.02 Å². The van der Waals surface area contributed by atoms with Crippen molar-refractivity contribution in [2.75, 3.05) is 18.2 Å². The molecule has 0 unspecified atom stereocenters. The van der Waals surface area contributed by atoms with Crippen LogP contribution >= 0.6 is 34.7 Å². The third-order valence-corrected chi connectivity index (χ3v) is 5.09. The Morgan fingerprint density at radius 3 is 2.65 bits per heavy atom. The van der Waals surface area contributed by atoms with Crippen molar-refractivity contribution in [3.63, 3.8) is 0 Å². The topological polar surface area (TPSA) is 68.3 Å². The van der Waals surface area contributed by atoms with E-state index in [1.165, 1.54) is 18.9 Å². The molecule has 1 aromatic heterocycles. The number of methoxy groups -OCH3 is 1. The number of amides is 1. The molecule has 0 saturated heterocycles. The van der Waals surface area contributed by atoms with Crippen LogP contribution in [0.4, 0.5) is 5.13 Å². The summed E-state index contributed by atoms with van der Waals surface area (Å²) in [7, 11) is 1.32. The minimum Gasteiger partial charge on any atom is -0.465 e. The van der Waals surface area contributed by atoms with Crippen LogP contribution in [0.1, 0.15) is 22.3 Å². The summed E-state index contributed by atoms with van der Waals surface area (Å²) in [5, 5.41) is 3.77. The average Bonchev–Trinajstić information content (AvgIpc) is 2.96. The van der Waals surface area contributed by atoms with E-state index >= 15 is 0 Å². The minimum atomic E-state index is -0.435. The Kier molecular flexibility index (Phi) is 6.44. The zero-order chi connectivity index (χ0) is 16.8. The molecule has 5 nitrogen and oxygen atoms in total. The van der Waals surface area contributed by atoms with Crippen LogP contribution in [0.3, 0.4) is 0 Å². The van der Waals surface area contributed by atoms with Crippen molar-refractivity contribution >= 4 is 51.7 Å². The zero-order valence-electron chi connectivity index (χ0n) is 12.6. The van der Waals surface area contributed by atoms with Gasteiger partial charge in [-0.15, -0.1) is 11.8 Å². The highest BCUT2D eigenvalue weighted by atomic mass is 35.5. The number of esters is 1. The molecule has 0 bridgehead atoms. The first-order chi connectivity index (χ1) is 11.0. The molecular formula is C15H15ClN2O3S2. The average molecular weight is 371 g/mol. The maximum atomic E-state index is 12.0. The number of rotatable bonds is 6. The molecule has 0 fully saturated rings. The van der Waals surface area contributed by atoms with Gasteiger partial charge in [-0.2, -0.15) is 0 Å². The van der Waals surface area contributed by atoms with Gasteiger partial charge in [0.1, 0.15) is 4.88 Å². The summed E-state index contributed by atoms with van der Waals surface area (Å²) in [4.78, 5) is 29.3. The number of carbonyl (C=O) groups is 2. The molecule has 1 heterocycles. The van der Waals surface area contributed by atoms with Gasteiger partial charge in [0.25, 0.3) is 0 Å². The smallest absolute Gasteiger partial charge is 0.350 e. The SMILES string of the molecule is CCc1nc(NC(=O)CSc2ccc(Cl)cc2)sc1C(=O)OC. The Morgan fingerprint density at radius 1 is 1.35 bits per heavy atom. The lowest BCUT2D eigenvalue weighted by Gasteiger charge is -2.02. The van der Waals surface area contributed by atoms with E-state index in [-0.39, 0.29) is 11.7 Å². The molecule has 0 spiro atoms. The number of hydrogen-bond donors (Lipinski definition) is 1. The van der Waals surface area contributed by atoms with Crippen molar-refractivity contribution in [1.82, 2.24) is 4.98 Å². The van der Waals surface area contributed by atoms with Crippen LogP contribution < -0.4 is 5.32 Å². The van der Waals surface area contributed by atoms with Gasteiger partial charge in [0.05, 0.1) is 18.6 Å². The van der Waals surface area contributed by atoms with Gasteiger partial charge >= 0.3 is 5.97 Å². The fraction of sp³-hybridized carbons (Fsp3) is 0.267. The molecule has 0 saturated carbocycles. The van der Waals surface area contributed by atoms with E-state index in [9.17, 15) is 9.59 Å². The standard InChI is InChI=1S/C15H15ClN2O3S2/c1-3-11-13(14(20)21-2)23-15(17-11)18-12(19)8-22-10-6-4-9(16)5-7-10/h4-7H,3,8H2,1-2H3,(H,17,18,19). The highest BCUT2D eigenvalue weighted by Gasteiger charge is 2.18. The van der Waals surface area contributed by atoms with Crippen LogP contribution in [0, 0.1) is 0 Å². The molecule has 2 rings (SSSR count). The van der Waals surface area contributed by atoms with Crippen molar-refractivity contribution in [2.45, 2.75) is 18.2 Å². The Morgan fingerprint density at radius 2 is 2.04 bits per heavy atom. The molecule has 8 heteroatoms. The lowest BCUT2D eigenvalue weighted by Crippen LogP contribution is -2.13. The van der Waals surface area contributed by atoms with E-state index in [1.807, 2.05) is 19.1 Å². The lowest BCUT2D eigenvalue weighted by atomic mass is 10.3. The number of thiazole rings is 1. The predicted molar refractivity (Wildman–Crippen MR) is 93.6 cm³/mol. The molecule has 0 aliphatic carbocycles. The molecule has 1 amide bonds. The van der Waals surface area contributed by atoms with Crippen molar-refractivity contribution < 1.29 is 14.3 Å². The molecule has 0 atom stereocenters. The number of thioether (sulfide) groups is 1. The van der Waals surface area contributed by atoms with Gasteiger partial charge in [0.2, 0.25) is 5.91 Å². The summed E-state index contributed by atoms with van der Waals surface area (Å²) in [6, 6.07) is 7.26. The number of halogens is 1. The molecule has 1 N–H and O–H groups in total. The zero-order valence-corrected chi connectivity index (χ0v) is 15.0. The first-order valence-electron chi connectivity index (χ1n) is 6.79. The largest absolute Gasteiger partial charge is 0.465 e. The van der Waals surface area contributed by atoms with Gasteiger partial charge in [0, 0.05) is 9.92 Å². The molecule has 0 aliphatic rings. The molecule has 0 radical (unpaired) electrons. The maximum Gasteiger partial charge on any atom is 0.350 e. The summed E-state index contributed by atoms with van der Waals surface area (Å²) >= 11 is 8.34. The van der Waals surface area contributed by atoms with E-state index in [4.69, 9.17) is 16.3 Å². The summed E-state index contributed by atoms with van der Waals surface area (Å²) in [5.74, 6) is -0.371. The Labute approximate surface area is 147 Å². The monoisotopic (exact) mass is 370 g/mol. The normalized spacial score (nSPS) is 10.4. The third-order valence-electron chi connectivity index (χ3n) is 2.83. The number of hydrogen-bond acceptors (Lipinski definition) is 6. The number of nitrogens with one attached hydrogen (secondary N) is 1. The summed E-state index contributed by atoms with van der Waals surface area (Å²) < 4.78 is 4.72. The van der Waals surface area contributed by atoms with Gasteiger partial charge in [0.15, 0.2) is 5.13 Å². The highest BCUT2D eigenvalue weighted by Crippen LogP contribution is 2.25. The van der Waals surface area contributed by atoms with Crippen LogP contribution in [0.25, 0.3) is 0 Å².